The molecule has 0 aliphatic carbocycles. The Hall–Kier alpha value is -3.08. The molecule has 2 aromatic carbocycles. The van der Waals surface area contributed by atoms with Crippen LogP contribution in [-0.2, 0) is 12.8 Å². The van der Waals surface area contributed by atoms with Crippen molar-refractivity contribution in [3.63, 3.8) is 0 Å². The van der Waals surface area contributed by atoms with Gasteiger partial charge in [0.2, 0.25) is 0 Å². The molecule has 0 unspecified atom stereocenters. The fraction of sp³-hybridized carbons (Fsp3) is 0.292. The standard InChI is InChI=1S/C24H25FN2O2/c1-3-5-7-17-8-10-19(11-9-17)24(28)29-20-12-13-21(22(25)14-20)23-26-15-18(6-4-2)16-27-23/h8-16H,3-7H2,1-2H3. The summed E-state index contributed by atoms with van der Waals surface area (Å²) in [7, 11) is 0. The normalized spacial score (nSPS) is 10.7. The van der Waals surface area contributed by atoms with E-state index < -0.39 is 11.8 Å². The van der Waals surface area contributed by atoms with Crippen LogP contribution in [0.1, 0.15) is 54.6 Å². The van der Waals surface area contributed by atoms with Crippen LogP contribution in [0.25, 0.3) is 11.4 Å². The highest BCUT2D eigenvalue weighted by molar-refractivity contribution is 5.91. The molecule has 0 saturated carbocycles. The van der Waals surface area contributed by atoms with Crippen molar-refractivity contribution >= 4 is 5.97 Å². The van der Waals surface area contributed by atoms with E-state index in [1.54, 1.807) is 30.6 Å². The van der Waals surface area contributed by atoms with E-state index in [1.165, 1.54) is 17.7 Å². The van der Waals surface area contributed by atoms with Crippen molar-refractivity contribution in [1.82, 2.24) is 9.97 Å². The summed E-state index contributed by atoms with van der Waals surface area (Å²) in [5.74, 6) is -0.593. The van der Waals surface area contributed by atoms with Gasteiger partial charge in [-0.25, -0.2) is 19.2 Å². The van der Waals surface area contributed by atoms with E-state index in [4.69, 9.17) is 4.74 Å². The fourth-order valence-corrected chi connectivity index (χ4v) is 3.01. The zero-order valence-electron chi connectivity index (χ0n) is 16.8. The van der Waals surface area contributed by atoms with Gasteiger partial charge in [-0.1, -0.05) is 38.8 Å². The van der Waals surface area contributed by atoms with Crippen molar-refractivity contribution < 1.29 is 13.9 Å². The third-order valence-electron chi connectivity index (χ3n) is 4.64. The highest BCUT2D eigenvalue weighted by Gasteiger charge is 2.13. The van der Waals surface area contributed by atoms with Crippen molar-refractivity contribution in [2.45, 2.75) is 46.0 Å². The van der Waals surface area contributed by atoms with Crippen LogP contribution in [0.15, 0.2) is 54.9 Å². The quantitative estimate of drug-likeness (QED) is 0.359. The summed E-state index contributed by atoms with van der Waals surface area (Å²) < 4.78 is 19.9. The van der Waals surface area contributed by atoms with E-state index in [1.807, 2.05) is 12.1 Å². The van der Waals surface area contributed by atoms with Crippen LogP contribution in [0.4, 0.5) is 4.39 Å². The molecule has 0 aliphatic heterocycles. The van der Waals surface area contributed by atoms with Gasteiger partial charge in [-0.3, -0.25) is 0 Å². The minimum Gasteiger partial charge on any atom is -0.423 e. The van der Waals surface area contributed by atoms with Gasteiger partial charge in [0.15, 0.2) is 5.82 Å². The van der Waals surface area contributed by atoms with Crippen LogP contribution in [0.5, 0.6) is 5.75 Å². The minimum atomic E-state index is -0.534. The predicted octanol–water partition coefficient (Wildman–Crippen LogP) is 5.80. The number of carbonyl (C=O) groups excluding carboxylic acids is 1. The second-order valence-corrected chi connectivity index (χ2v) is 7.00. The Bertz CT molecular complexity index is 954. The Morgan fingerprint density at radius 3 is 2.28 bits per heavy atom. The molecule has 0 bridgehead atoms. The van der Waals surface area contributed by atoms with Gasteiger partial charge in [0.1, 0.15) is 11.6 Å². The number of aromatic nitrogens is 2. The van der Waals surface area contributed by atoms with E-state index >= 15 is 0 Å². The molecule has 0 aliphatic rings. The maximum atomic E-state index is 14.5. The monoisotopic (exact) mass is 392 g/mol. The first kappa shape index (κ1) is 20.6. The number of ether oxygens (including phenoxy) is 1. The third kappa shape index (κ3) is 5.47. The summed E-state index contributed by atoms with van der Waals surface area (Å²) in [5, 5.41) is 0. The first-order chi connectivity index (χ1) is 14.1. The van der Waals surface area contributed by atoms with Crippen LogP contribution < -0.4 is 4.74 Å². The van der Waals surface area contributed by atoms with Crippen LogP contribution in [0, 0.1) is 5.82 Å². The molecule has 150 valence electrons. The van der Waals surface area contributed by atoms with E-state index in [-0.39, 0.29) is 11.3 Å². The van der Waals surface area contributed by atoms with E-state index in [9.17, 15) is 9.18 Å². The summed E-state index contributed by atoms with van der Waals surface area (Å²) in [6, 6.07) is 11.6. The topological polar surface area (TPSA) is 52.1 Å². The number of rotatable bonds is 8. The number of hydrogen-bond acceptors (Lipinski definition) is 4. The van der Waals surface area contributed by atoms with E-state index in [0.29, 0.717) is 11.4 Å². The lowest BCUT2D eigenvalue weighted by Gasteiger charge is -2.08. The Labute approximate surface area is 170 Å². The smallest absolute Gasteiger partial charge is 0.343 e. The van der Waals surface area contributed by atoms with E-state index in [2.05, 4.69) is 23.8 Å². The number of unbranched alkanes of at least 4 members (excludes halogenated alkanes) is 1. The molecule has 0 spiro atoms. The van der Waals surface area contributed by atoms with Crippen LogP contribution in [-0.4, -0.2) is 15.9 Å². The number of carbonyl (C=O) groups is 1. The Morgan fingerprint density at radius 2 is 1.66 bits per heavy atom. The van der Waals surface area contributed by atoms with Crippen molar-refractivity contribution in [2.24, 2.45) is 0 Å². The van der Waals surface area contributed by atoms with Gasteiger partial charge in [-0.05, 0) is 54.7 Å². The molecular weight excluding hydrogens is 367 g/mol. The molecule has 4 nitrogen and oxygen atoms in total. The van der Waals surface area contributed by atoms with Gasteiger partial charge in [0, 0.05) is 18.5 Å². The molecule has 0 saturated heterocycles. The summed E-state index contributed by atoms with van der Waals surface area (Å²) in [5.41, 5.74) is 2.91. The van der Waals surface area contributed by atoms with Gasteiger partial charge >= 0.3 is 5.97 Å². The lowest BCUT2D eigenvalue weighted by molar-refractivity contribution is 0.0734. The molecular formula is C24H25FN2O2. The Kier molecular flexibility index (Phi) is 7.06. The average Bonchev–Trinajstić information content (AvgIpc) is 2.74. The highest BCUT2D eigenvalue weighted by atomic mass is 19.1. The molecule has 0 atom stereocenters. The molecule has 0 amide bonds. The number of halogens is 1. The minimum absolute atomic E-state index is 0.147. The molecule has 3 aromatic rings. The lowest BCUT2D eigenvalue weighted by Crippen LogP contribution is -2.08. The van der Waals surface area contributed by atoms with Crippen LogP contribution in [0.2, 0.25) is 0 Å². The summed E-state index contributed by atoms with van der Waals surface area (Å²) in [6.07, 6.45) is 8.53. The highest BCUT2D eigenvalue weighted by Crippen LogP contribution is 2.24. The molecule has 5 heteroatoms. The zero-order chi connectivity index (χ0) is 20.6. The molecule has 29 heavy (non-hydrogen) atoms. The van der Waals surface area contributed by atoms with Crippen LogP contribution >= 0.6 is 0 Å². The van der Waals surface area contributed by atoms with Crippen molar-refractivity contribution in [3.8, 4) is 17.1 Å². The zero-order valence-corrected chi connectivity index (χ0v) is 16.8. The van der Waals surface area contributed by atoms with Gasteiger partial charge in [0.05, 0.1) is 11.1 Å². The maximum absolute atomic E-state index is 14.5. The third-order valence-corrected chi connectivity index (χ3v) is 4.64. The summed E-state index contributed by atoms with van der Waals surface area (Å²) in [4.78, 5) is 20.8. The van der Waals surface area contributed by atoms with Gasteiger partial charge in [-0.2, -0.15) is 0 Å². The Balaban J connectivity index is 1.69. The number of esters is 1. The second-order valence-electron chi connectivity index (χ2n) is 7.00. The second kappa shape index (κ2) is 9.92. The van der Waals surface area contributed by atoms with Gasteiger partial charge in [0.25, 0.3) is 0 Å². The molecule has 1 heterocycles. The van der Waals surface area contributed by atoms with Crippen molar-refractivity contribution in [2.75, 3.05) is 0 Å². The first-order valence-corrected chi connectivity index (χ1v) is 10.0. The number of nitrogens with zero attached hydrogens (tertiary/aromatic N) is 2. The number of hydrogen-bond donors (Lipinski definition) is 0. The fourth-order valence-electron chi connectivity index (χ4n) is 3.01. The average molecular weight is 392 g/mol. The van der Waals surface area contributed by atoms with Crippen LogP contribution in [0.3, 0.4) is 0 Å². The van der Waals surface area contributed by atoms with Crippen molar-refractivity contribution in [3.05, 3.63) is 77.4 Å². The maximum Gasteiger partial charge on any atom is 0.343 e. The summed E-state index contributed by atoms with van der Waals surface area (Å²) >= 11 is 0. The molecule has 0 N–H and O–H groups in total. The molecule has 1 aromatic heterocycles. The van der Waals surface area contributed by atoms with E-state index in [0.717, 1.165) is 37.7 Å². The number of aryl methyl sites for hydroxylation is 2. The predicted molar refractivity (Wildman–Crippen MR) is 111 cm³/mol. The molecule has 3 rings (SSSR count). The van der Waals surface area contributed by atoms with Gasteiger partial charge in [-0.15, -0.1) is 0 Å². The Morgan fingerprint density at radius 1 is 0.931 bits per heavy atom. The largest absolute Gasteiger partial charge is 0.423 e. The summed E-state index contributed by atoms with van der Waals surface area (Å²) in [6.45, 7) is 4.22. The SMILES string of the molecule is CCCCc1ccc(C(=O)Oc2ccc(-c3ncc(CCC)cn3)c(F)c2)cc1. The van der Waals surface area contributed by atoms with Crippen molar-refractivity contribution in [1.29, 1.82) is 0 Å². The molecule has 0 radical (unpaired) electrons. The number of benzene rings is 2. The first-order valence-electron chi connectivity index (χ1n) is 10.0. The lowest BCUT2D eigenvalue weighted by atomic mass is 10.1. The molecule has 0 fully saturated rings. The van der Waals surface area contributed by atoms with Gasteiger partial charge < -0.3 is 4.74 Å².